The molecule has 2 heterocycles. The molecule has 1 atom stereocenters. The number of carbonyl (C=O) groups is 1. The van der Waals surface area contributed by atoms with Crippen LogP contribution in [0.15, 0.2) is 35.7 Å². The van der Waals surface area contributed by atoms with Crippen molar-refractivity contribution in [2.24, 2.45) is 5.41 Å². The van der Waals surface area contributed by atoms with E-state index in [9.17, 15) is 19.6 Å². The van der Waals surface area contributed by atoms with E-state index in [2.05, 4.69) is 28.8 Å². The lowest BCUT2D eigenvalue weighted by Gasteiger charge is -2.37. The van der Waals surface area contributed by atoms with Crippen LogP contribution in [0.1, 0.15) is 44.6 Å². The molecule has 6 nitrogen and oxygen atoms in total. The molecule has 174 valence electrons. The van der Waals surface area contributed by atoms with E-state index in [-0.39, 0.29) is 30.0 Å². The summed E-state index contributed by atoms with van der Waals surface area (Å²) in [4.78, 5) is 14.5. The summed E-state index contributed by atoms with van der Waals surface area (Å²) in [7, 11) is 0. The first kappa shape index (κ1) is 23.1. The molecular formula is C26H31FN4O2. The zero-order chi connectivity index (χ0) is 23.6. The third-order valence-electron chi connectivity index (χ3n) is 6.76. The van der Waals surface area contributed by atoms with Crippen molar-refractivity contribution in [2.45, 2.75) is 45.1 Å². The van der Waals surface area contributed by atoms with Gasteiger partial charge in [0.15, 0.2) is 0 Å². The van der Waals surface area contributed by atoms with Gasteiger partial charge in [0.1, 0.15) is 11.9 Å². The van der Waals surface area contributed by atoms with E-state index in [1.807, 2.05) is 17.2 Å². The Morgan fingerprint density at radius 2 is 2.09 bits per heavy atom. The summed E-state index contributed by atoms with van der Waals surface area (Å²) in [5, 5.41) is 27.9. The first-order valence-electron chi connectivity index (χ1n) is 11.5. The van der Waals surface area contributed by atoms with Gasteiger partial charge in [-0.25, -0.2) is 4.39 Å². The van der Waals surface area contributed by atoms with Crippen molar-refractivity contribution in [1.82, 2.24) is 10.2 Å². The van der Waals surface area contributed by atoms with Crippen LogP contribution in [0.4, 0.5) is 10.1 Å². The molecular weight excluding hydrogens is 419 g/mol. The Labute approximate surface area is 193 Å². The average Bonchev–Trinajstić information content (AvgIpc) is 2.84. The van der Waals surface area contributed by atoms with Crippen molar-refractivity contribution in [3.63, 3.8) is 0 Å². The minimum absolute atomic E-state index is 0.00682. The maximum atomic E-state index is 13.9. The third kappa shape index (κ3) is 4.81. The molecule has 3 N–H and O–H groups in total. The SMILES string of the molecule is CC(C)(CO)C(=O)N1CCC(Nc2cc(C3C=C(C#N)C(F)=CC3)cc3c2=CNCC=3)CC1. The van der Waals surface area contributed by atoms with Gasteiger partial charge in [0.05, 0.1) is 17.6 Å². The number of aliphatic hydroxyl groups is 1. The molecule has 0 radical (unpaired) electrons. The smallest absolute Gasteiger partial charge is 0.230 e. The van der Waals surface area contributed by atoms with Crippen LogP contribution in [0.5, 0.6) is 0 Å². The summed E-state index contributed by atoms with van der Waals surface area (Å²) >= 11 is 0. The number of allylic oxidation sites excluding steroid dienone is 4. The number of anilines is 1. The minimum Gasteiger partial charge on any atom is -0.395 e. The summed E-state index contributed by atoms with van der Waals surface area (Å²) in [6, 6.07) is 6.41. The molecule has 0 saturated carbocycles. The number of rotatable bonds is 5. The number of nitrogens with one attached hydrogen (secondary N) is 2. The fourth-order valence-electron chi connectivity index (χ4n) is 4.65. The van der Waals surface area contributed by atoms with E-state index in [1.54, 1.807) is 19.9 Å². The van der Waals surface area contributed by atoms with Crippen molar-refractivity contribution in [3.05, 3.63) is 51.7 Å². The fourth-order valence-corrected chi connectivity index (χ4v) is 4.65. The molecule has 1 aromatic carbocycles. The number of halogens is 1. The molecule has 3 aliphatic rings. The first-order valence-corrected chi connectivity index (χ1v) is 11.5. The summed E-state index contributed by atoms with van der Waals surface area (Å²) in [5.74, 6) is -0.499. The standard InChI is InChI=1S/C26H31FN4O2/c1-26(2,16-32)25(33)31-9-6-21(7-10-31)30-24-13-19(12-18-5-8-29-15-22(18)24)17-3-4-23(27)20(11-17)14-28/h4-5,11-13,15,17,21,29-30,32H,3,6-10,16H2,1-2H3. The molecule has 7 heteroatoms. The Balaban J connectivity index is 1.55. The number of piperidine rings is 1. The average molecular weight is 451 g/mol. The molecule has 1 fully saturated rings. The van der Waals surface area contributed by atoms with E-state index in [0.29, 0.717) is 19.5 Å². The first-order chi connectivity index (χ1) is 15.8. The highest BCUT2D eigenvalue weighted by molar-refractivity contribution is 5.82. The predicted octanol–water partition coefficient (Wildman–Crippen LogP) is 2.02. The summed E-state index contributed by atoms with van der Waals surface area (Å²) in [6.07, 6.45) is 9.53. The maximum Gasteiger partial charge on any atom is 0.230 e. The molecule has 1 amide bonds. The molecule has 1 aliphatic carbocycles. The summed E-state index contributed by atoms with van der Waals surface area (Å²) < 4.78 is 13.9. The molecule has 0 aromatic heterocycles. The molecule has 1 aromatic rings. The summed E-state index contributed by atoms with van der Waals surface area (Å²) in [5.41, 5.74) is 1.40. The van der Waals surface area contributed by atoms with Gasteiger partial charge in [-0.15, -0.1) is 0 Å². The van der Waals surface area contributed by atoms with Gasteiger partial charge >= 0.3 is 0 Å². The Bertz CT molecular complexity index is 1150. The molecule has 0 bridgehead atoms. The zero-order valence-corrected chi connectivity index (χ0v) is 19.2. The van der Waals surface area contributed by atoms with Gasteiger partial charge in [0, 0.05) is 48.7 Å². The number of nitrogens with zero attached hydrogens (tertiary/aromatic N) is 2. The van der Waals surface area contributed by atoms with Gasteiger partial charge < -0.3 is 20.6 Å². The van der Waals surface area contributed by atoms with Crippen molar-refractivity contribution < 1.29 is 14.3 Å². The number of carbonyl (C=O) groups excluding carboxylic acids is 1. The number of nitriles is 1. The van der Waals surface area contributed by atoms with Crippen LogP contribution in [-0.2, 0) is 4.79 Å². The third-order valence-corrected chi connectivity index (χ3v) is 6.76. The maximum absolute atomic E-state index is 13.9. The number of aliphatic hydroxyl groups excluding tert-OH is 1. The van der Waals surface area contributed by atoms with E-state index < -0.39 is 11.2 Å². The van der Waals surface area contributed by atoms with Crippen LogP contribution in [0.3, 0.4) is 0 Å². The Hall–Kier alpha value is -3.11. The minimum atomic E-state index is -0.756. The molecule has 1 unspecified atom stereocenters. The topological polar surface area (TPSA) is 88.4 Å². The molecule has 1 saturated heterocycles. The fraction of sp³-hybridized carbons (Fsp3) is 0.462. The second kappa shape index (κ2) is 9.40. The zero-order valence-electron chi connectivity index (χ0n) is 19.2. The Morgan fingerprint density at radius 1 is 1.33 bits per heavy atom. The van der Waals surface area contributed by atoms with Gasteiger partial charge in [0.2, 0.25) is 5.91 Å². The van der Waals surface area contributed by atoms with Crippen molar-refractivity contribution in [1.29, 1.82) is 5.26 Å². The number of benzene rings is 1. The number of hydrogen-bond acceptors (Lipinski definition) is 5. The van der Waals surface area contributed by atoms with Crippen LogP contribution in [0.25, 0.3) is 12.3 Å². The lowest BCUT2D eigenvalue weighted by molar-refractivity contribution is -0.143. The van der Waals surface area contributed by atoms with Crippen LogP contribution in [0.2, 0.25) is 0 Å². The molecule has 0 spiro atoms. The Kier molecular flexibility index (Phi) is 6.57. The Morgan fingerprint density at radius 3 is 2.79 bits per heavy atom. The van der Waals surface area contributed by atoms with Gasteiger partial charge in [-0.2, -0.15) is 5.26 Å². The van der Waals surface area contributed by atoms with Crippen LogP contribution in [0, 0.1) is 16.7 Å². The van der Waals surface area contributed by atoms with Gasteiger partial charge in [0.25, 0.3) is 0 Å². The van der Waals surface area contributed by atoms with E-state index >= 15 is 0 Å². The normalized spacial score (nSPS) is 20.8. The molecule has 33 heavy (non-hydrogen) atoms. The van der Waals surface area contributed by atoms with Crippen LogP contribution in [-0.4, -0.2) is 48.2 Å². The van der Waals surface area contributed by atoms with E-state index in [4.69, 9.17) is 0 Å². The largest absolute Gasteiger partial charge is 0.395 e. The second-order valence-corrected chi connectivity index (χ2v) is 9.67. The highest BCUT2D eigenvalue weighted by Crippen LogP contribution is 2.31. The van der Waals surface area contributed by atoms with Gasteiger partial charge in [-0.05, 0) is 56.0 Å². The van der Waals surface area contributed by atoms with E-state index in [0.717, 1.165) is 41.1 Å². The second-order valence-electron chi connectivity index (χ2n) is 9.67. The van der Waals surface area contributed by atoms with Crippen LogP contribution >= 0.6 is 0 Å². The molecule has 4 rings (SSSR count). The number of hydrogen-bond donors (Lipinski definition) is 3. The monoisotopic (exact) mass is 450 g/mol. The van der Waals surface area contributed by atoms with Crippen molar-refractivity contribution in [3.8, 4) is 6.07 Å². The van der Waals surface area contributed by atoms with Crippen molar-refractivity contribution in [2.75, 3.05) is 31.6 Å². The highest BCUT2D eigenvalue weighted by Gasteiger charge is 2.33. The highest BCUT2D eigenvalue weighted by atomic mass is 19.1. The number of fused-ring (bicyclic) bond motifs is 1. The van der Waals surface area contributed by atoms with Crippen molar-refractivity contribution >= 4 is 23.9 Å². The molecule has 2 aliphatic heterocycles. The van der Waals surface area contributed by atoms with E-state index in [1.165, 1.54) is 6.08 Å². The summed E-state index contributed by atoms with van der Waals surface area (Å²) in [6.45, 7) is 5.43. The predicted molar refractivity (Wildman–Crippen MR) is 127 cm³/mol. The number of amides is 1. The van der Waals surface area contributed by atoms with Gasteiger partial charge in [-0.1, -0.05) is 18.2 Å². The van der Waals surface area contributed by atoms with Gasteiger partial charge in [-0.3, -0.25) is 4.79 Å². The lowest BCUT2D eigenvalue weighted by atomic mass is 9.88. The van der Waals surface area contributed by atoms with Crippen LogP contribution < -0.4 is 21.1 Å². The quantitative estimate of drug-likeness (QED) is 0.639. The lowest BCUT2D eigenvalue weighted by Crippen LogP contribution is -2.49. The number of likely N-dealkylation sites (tertiary alicyclic amines) is 1.